The number of amides is 2. The molecular formula is C32H38N6O3S. The molecule has 2 aliphatic heterocycles. The summed E-state index contributed by atoms with van der Waals surface area (Å²) in [6.45, 7) is 5.69. The van der Waals surface area contributed by atoms with Crippen LogP contribution in [0.4, 0.5) is 10.6 Å². The third-order valence-electron chi connectivity index (χ3n) is 8.36. The first-order chi connectivity index (χ1) is 20.6. The Morgan fingerprint density at radius 3 is 2.40 bits per heavy atom. The first kappa shape index (κ1) is 28.5. The second-order valence-electron chi connectivity index (χ2n) is 11.0. The number of likely N-dealkylation sites (tertiary alicyclic amines) is 1. The van der Waals surface area contributed by atoms with Crippen molar-refractivity contribution in [3.63, 3.8) is 0 Å². The van der Waals surface area contributed by atoms with E-state index in [1.54, 1.807) is 24.8 Å². The molecule has 4 aromatic rings. The standard InChI is InChI=1S/C32H38N6O3S/c1-41-26-11-13-37(14-12-26)32(40)38-17-15-36(16-18-38)20-23-7-9-25(10-8-23)29-19-27-30(33-22-34-31(27)42-29)35-28(21-39)24-5-3-2-4-6-24/h2-10,19,22,26,28,39H,11-18,20-21H2,1H3,(H,33,34,35)/t28-/m1/s1. The Morgan fingerprint density at radius 1 is 1.00 bits per heavy atom. The van der Waals surface area contributed by atoms with E-state index in [1.807, 2.05) is 40.1 Å². The van der Waals surface area contributed by atoms with E-state index in [2.05, 4.69) is 50.5 Å². The lowest BCUT2D eigenvalue weighted by atomic mass is 10.1. The smallest absolute Gasteiger partial charge is 0.320 e. The average molecular weight is 587 g/mol. The Labute approximate surface area is 250 Å². The minimum Gasteiger partial charge on any atom is -0.394 e. The number of anilines is 1. The number of carbonyl (C=O) groups excluding carboxylic acids is 1. The molecule has 2 fully saturated rings. The van der Waals surface area contributed by atoms with Crippen molar-refractivity contribution in [3.05, 3.63) is 78.1 Å². The van der Waals surface area contributed by atoms with E-state index in [1.165, 1.54) is 5.56 Å². The molecule has 42 heavy (non-hydrogen) atoms. The number of hydrogen-bond acceptors (Lipinski definition) is 8. The summed E-state index contributed by atoms with van der Waals surface area (Å²) < 4.78 is 5.44. The van der Waals surface area contributed by atoms with Crippen molar-refractivity contribution in [2.75, 3.05) is 58.3 Å². The van der Waals surface area contributed by atoms with E-state index in [0.29, 0.717) is 0 Å². The fourth-order valence-electron chi connectivity index (χ4n) is 5.81. The molecule has 2 amide bonds. The molecule has 2 saturated heterocycles. The molecule has 4 heterocycles. The highest BCUT2D eigenvalue weighted by Gasteiger charge is 2.28. The summed E-state index contributed by atoms with van der Waals surface area (Å²) in [6, 6.07) is 20.7. The predicted octanol–water partition coefficient (Wildman–Crippen LogP) is 4.85. The Hall–Kier alpha value is -3.57. The molecule has 0 radical (unpaired) electrons. The number of carbonyl (C=O) groups is 1. The molecule has 2 aliphatic rings. The fraction of sp³-hybridized carbons (Fsp3) is 0.406. The highest BCUT2D eigenvalue weighted by atomic mass is 32.1. The molecule has 0 saturated carbocycles. The van der Waals surface area contributed by atoms with E-state index in [4.69, 9.17) is 4.74 Å². The number of urea groups is 1. The molecule has 0 bridgehead atoms. The highest BCUT2D eigenvalue weighted by molar-refractivity contribution is 7.21. The van der Waals surface area contributed by atoms with Crippen molar-refractivity contribution < 1.29 is 14.6 Å². The normalized spacial score (nSPS) is 17.5. The van der Waals surface area contributed by atoms with Crippen molar-refractivity contribution in [2.24, 2.45) is 0 Å². The zero-order valence-corrected chi connectivity index (χ0v) is 24.8. The zero-order valence-electron chi connectivity index (χ0n) is 24.0. The van der Waals surface area contributed by atoms with Gasteiger partial charge in [-0.3, -0.25) is 4.90 Å². The van der Waals surface area contributed by atoms with Gasteiger partial charge in [-0.15, -0.1) is 11.3 Å². The minimum absolute atomic E-state index is 0.0347. The van der Waals surface area contributed by atoms with Crippen LogP contribution in [0.2, 0.25) is 0 Å². The minimum atomic E-state index is -0.250. The SMILES string of the molecule is COC1CCN(C(=O)N2CCN(Cc3ccc(-c4cc5c(N[C@H](CO)c6ccccc6)ncnc5s4)cc3)CC2)CC1. The highest BCUT2D eigenvalue weighted by Crippen LogP contribution is 2.36. The summed E-state index contributed by atoms with van der Waals surface area (Å²) in [6.07, 6.45) is 3.70. The van der Waals surface area contributed by atoms with Gasteiger partial charge >= 0.3 is 6.03 Å². The van der Waals surface area contributed by atoms with Crippen LogP contribution in [0.1, 0.15) is 30.0 Å². The van der Waals surface area contributed by atoms with Crippen molar-refractivity contribution >= 4 is 33.4 Å². The molecule has 9 nitrogen and oxygen atoms in total. The topological polar surface area (TPSA) is 94.1 Å². The molecule has 2 aromatic carbocycles. The molecular weight excluding hydrogens is 548 g/mol. The molecule has 6 rings (SSSR count). The lowest BCUT2D eigenvalue weighted by Crippen LogP contribution is -2.54. The second-order valence-corrected chi connectivity index (χ2v) is 12.0. The van der Waals surface area contributed by atoms with Crippen molar-refractivity contribution in [3.8, 4) is 10.4 Å². The van der Waals surface area contributed by atoms with Crippen LogP contribution in [0.5, 0.6) is 0 Å². The zero-order chi connectivity index (χ0) is 28.9. The van der Waals surface area contributed by atoms with Crippen molar-refractivity contribution in [1.29, 1.82) is 0 Å². The van der Waals surface area contributed by atoms with Crippen LogP contribution in [0.25, 0.3) is 20.7 Å². The van der Waals surface area contributed by atoms with Crippen LogP contribution in [0, 0.1) is 0 Å². The average Bonchev–Trinajstić information content (AvgIpc) is 3.50. The quantitative estimate of drug-likeness (QED) is 0.305. The van der Waals surface area contributed by atoms with Crippen molar-refractivity contribution in [1.82, 2.24) is 24.7 Å². The Balaban J connectivity index is 1.06. The predicted molar refractivity (Wildman–Crippen MR) is 167 cm³/mol. The number of aliphatic hydroxyl groups excluding tert-OH is 1. The number of thiophene rings is 1. The molecule has 220 valence electrons. The molecule has 2 aromatic heterocycles. The molecule has 0 spiro atoms. The van der Waals surface area contributed by atoms with Crippen LogP contribution in [-0.2, 0) is 11.3 Å². The Morgan fingerprint density at radius 2 is 1.71 bits per heavy atom. The summed E-state index contributed by atoms with van der Waals surface area (Å²) in [4.78, 5) is 30.4. The molecule has 0 unspecified atom stereocenters. The van der Waals surface area contributed by atoms with Crippen LogP contribution in [0.3, 0.4) is 0 Å². The van der Waals surface area contributed by atoms with Gasteiger partial charge in [0.15, 0.2) is 0 Å². The van der Waals surface area contributed by atoms with Gasteiger partial charge in [0.05, 0.1) is 24.1 Å². The van der Waals surface area contributed by atoms with Gasteiger partial charge in [0.1, 0.15) is 17.0 Å². The summed E-state index contributed by atoms with van der Waals surface area (Å²) in [7, 11) is 1.75. The number of piperazine rings is 1. The van der Waals surface area contributed by atoms with Gasteiger partial charge in [-0.25, -0.2) is 14.8 Å². The number of benzene rings is 2. The molecule has 0 aliphatic carbocycles. The molecule has 10 heteroatoms. The van der Waals surface area contributed by atoms with Crippen LogP contribution >= 0.6 is 11.3 Å². The summed E-state index contributed by atoms with van der Waals surface area (Å²) >= 11 is 1.64. The number of rotatable bonds is 8. The van der Waals surface area contributed by atoms with Crippen LogP contribution < -0.4 is 5.32 Å². The van der Waals surface area contributed by atoms with Gasteiger partial charge in [-0.1, -0.05) is 54.6 Å². The third kappa shape index (κ3) is 6.42. The van der Waals surface area contributed by atoms with Gasteiger partial charge in [0.25, 0.3) is 0 Å². The number of methoxy groups -OCH3 is 1. The lowest BCUT2D eigenvalue weighted by molar-refractivity contribution is 0.0405. The maximum Gasteiger partial charge on any atom is 0.320 e. The number of nitrogens with one attached hydrogen (secondary N) is 1. The number of ether oxygens (including phenoxy) is 1. The number of piperidine rings is 1. The second kappa shape index (κ2) is 13.2. The first-order valence-electron chi connectivity index (χ1n) is 14.7. The van der Waals surface area contributed by atoms with Gasteiger partial charge in [-0.05, 0) is 35.6 Å². The van der Waals surface area contributed by atoms with E-state index in [9.17, 15) is 9.90 Å². The Kier molecular flexibility index (Phi) is 8.95. The lowest BCUT2D eigenvalue weighted by Gasteiger charge is -2.39. The first-order valence-corrected chi connectivity index (χ1v) is 15.5. The van der Waals surface area contributed by atoms with Crippen LogP contribution in [-0.4, -0.2) is 94.9 Å². The van der Waals surface area contributed by atoms with E-state index >= 15 is 0 Å². The summed E-state index contributed by atoms with van der Waals surface area (Å²) in [5, 5.41) is 14.4. The maximum atomic E-state index is 13.0. The van der Waals surface area contributed by atoms with E-state index in [-0.39, 0.29) is 24.8 Å². The largest absolute Gasteiger partial charge is 0.394 e. The maximum absolute atomic E-state index is 13.0. The van der Waals surface area contributed by atoms with Gasteiger partial charge in [-0.2, -0.15) is 0 Å². The van der Waals surface area contributed by atoms with Crippen molar-refractivity contribution in [2.45, 2.75) is 31.5 Å². The number of fused-ring (bicyclic) bond motifs is 1. The van der Waals surface area contributed by atoms with Crippen LogP contribution in [0.15, 0.2) is 67.0 Å². The van der Waals surface area contributed by atoms with E-state index in [0.717, 1.165) is 90.7 Å². The molecule has 2 N–H and O–H groups in total. The Bertz CT molecular complexity index is 1460. The number of aromatic nitrogens is 2. The third-order valence-corrected chi connectivity index (χ3v) is 9.45. The number of nitrogens with zero attached hydrogens (tertiary/aromatic N) is 5. The van der Waals surface area contributed by atoms with Gasteiger partial charge in [0, 0.05) is 57.8 Å². The summed E-state index contributed by atoms with van der Waals surface area (Å²) in [5.41, 5.74) is 3.41. The molecule has 1 atom stereocenters. The number of aliphatic hydroxyl groups is 1. The fourth-order valence-corrected chi connectivity index (χ4v) is 6.81. The van der Waals surface area contributed by atoms with Gasteiger partial charge < -0.3 is 25.0 Å². The van der Waals surface area contributed by atoms with E-state index < -0.39 is 0 Å². The monoisotopic (exact) mass is 586 g/mol. The summed E-state index contributed by atoms with van der Waals surface area (Å²) in [5.74, 6) is 0.721. The van der Waals surface area contributed by atoms with Gasteiger partial charge in [0.2, 0.25) is 0 Å². The number of hydrogen-bond donors (Lipinski definition) is 2.